The predicted octanol–water partition coefficient (Wildman–Crippen LogP) is 3.92. The van der Waals surface area contributed by atoms with Gasteiger partial charge in [0.2, 0.25) is 0 Å². The Morgan fingerprint density at radius 3 is 2.39 bits per heavy atom. The summed E-state index contributed by atoms with van der Waals surface area (Å²) < 4.78 is 18.1. The Bertz CT molecular complexity index is 1290. The zero-order valence-electron chi connectivity index (χ0n) is 19.5. The number of aryl methyl sites for hydroxylation is 2. The van der Waals surface area contributed by atoms with Gasteiger partial charge in [0.15, 0.2) is 0 Å². The Labute approximate surface area is 191 Å². The van der Waals surface area contributed by atoms with Crippen LogP contribution < -0.4 is 14.8 Å². The van der Waals surface area contributed by atoms with Crippen molar-refractivity contribution in [2.75, 3.05) is 14.2 Å². The number of methoxy groups -OCH3 is 2. The number of aromatic nitrogens is 4. The van der Waals surface area contributed by atoms with Crippen LogP contribution >= 0.6 is 0 Å². The summed E-state index contributed by atoms with van der Waals surface area (Å²) >= 11 is 0. The lowest BCUT2D eigenvalue weighted by Crippen LogP contribution is -2.31. The molecule has 1 N–H and O–H groups in total. The number of fused-ring (bicyclic) bond motifs is 1. The number of benzene rings is 1. The highest BCUT2D eigenvalue weighted by Gasteiger charge is 2.26. The Kier molecular flexibility index (Phi) is 6.04. The number of imidazole rings is 1. The Hall–Kier alpha value is -3.88. The summed E-state index contributed by atoms with van der Waals surface area (Å²) in [6.45, 7) is 5.82. The molecule has 0 radical (unpaired) electrons. The van der Waals surface area contributed by atoms with Crippen LogP contribution in [0, 0.1) is 6.92 Å². The third-order valence-corrected chi connectivity index (χ3v) is 5.57. The maximum atomic E-state index is 13.7. The molecule has 9 heteroatoms. The number of hydrogen-bond donors (Lipinski definition) is 1. The molecule has 0 bridgehead atoms. The van der Waals surface area contributed by atoms with Crippen LogP contribution in [0.1, 0.15) is 58.9 Å². The fourth-order valence-corrected chi connectivity index (χ4v) is 3.75. The van der Waals surface area contributed by atoms with Gasteiger partial charge in [-0.1, -0.05) is 19.0 Å². The van der Waals surface area contributed by atoms with Crippen molar-refractivity contribution < 1.29 is 18.8 Å². The van der Waals surface area contributed by atoms with E-state index in [2.05, 4.69) is 20.4 Å². The molecule has 9 nitrogen and oxygen atoms in total. The molecule has 0 saturated carbocycles. The van der Waals surface area contributed by atoms with Gasteiger partial charge in [-0.25, -0.2) is 9.97 Å². The van der Waals surface area contributed by atoms with Crippen molar-refractivity contribution in [3.63, 3.8) is 0 Å². The first-order valence-electron chi connectivity index (χ1n) is 10.6. The van der Waals surface area contributed by atoms with Crippen molar-refractivity contribution in [2.24, 2.45) is 7.05 Å². The number of hydrogen-bond acceptors (Lipinski definition) is 7. The van der Waals surface area contributed by atoms with Gasteiger partial charge in [0.1, 0.15) is 23.4 Å². The van der Waals surface area contributed by atoms with Crippen LogP contribution in [-0.2, 0) is 7.05 Å². The second-order valence-corrected chi connectivity index (χ2v) is 8.15. The fourth-order valence-electron chi connectivity index (χ4n) is 3.75. The Morgan fingerprint density at radius 1 is 1.12 bits per heavy atom. The van der Waals surface area contributed by atoms with Gasteiger partial charge in [0, 0.05) is 31.2 Å². The predicted molar refractivity (Wildman–Crippen MR) is 123 cm³/mol. The van der Waals surface area contributed by atoms with Crippen molar-refractivity contribution in [3.05, 3.63) is 65.0 Å². The molecule has 4 aromatic rings. The molecule has 3 aromatic heterocycles. The van der Waals surface area contributed by atoms with Crippen molar-refractivity contribution in [3.8, 4) is 11.5 Å². The minimum Gasteiger partial charge on any atom is -0.497 e. The van der Waals surface area contributed by atoms with Crippen LogP contribution in [0.25, 0.3) is 11.1 Å². The average Bonchev–Trinajstić information content (AvgIpc) is 3.41. The first-order chi connectivity index (χ1) is 15.8. The highest BCUT2D eigenvalue weighted by Crippen LogP contribution is 2.31. The molecule has 4 rings (SSSR count). The van der Waals surface area contributed by atoms with Crippen LogP contribution in [0.3, 0.4) is 0 Å². The third-order valence-electron chi connectivity index (χ3n) is 5.57. The van der Waals surface area contributed by atoms with Gasteiger partial charge in [0.05, 0.1) is 30.9 Å². The highest BCUT2D eigenvalue weighted by atomic mass is 16.5. The quantitative estimate of drug-likeness (QED) is 0.456. The van der Waals surface area contributed by atoms with Gasteiger partial charge in [-0.3, -0.25) is 4.79 Å². The summed E-state index contributed by atoms with van der Waals surface area (Å²) in [6.07, 6.45) is 3.52. The van der Waals surface area contributed by atoms with Gasteiger partial charge in [-0.2, -0.15) is 0 Å². The molecule has 33 heavy (non-hydrogen) atoms. The van der Waals surface area contributed by atoms with Crippen molar-refractivity contribution >= 4 is 17.0 Å². The second-order valence-electron chi connectivity index (χ2n) is 8.15. The van der Waals surface area contributed by atoms with Crippen LogP contribution in [0.4, 0.5) is 0 Å². The topological polar surface area (TPSA) is 104 Å². The summed E-state index contributed by atoms with van der Waals surface area (Å²) in [5.41, 5.74) is 2.93. The number of ether oxygens (including phenoxy) is 2. The standard InChI is InChI=1S/C24H27N5O4/c1-13(2)19-12-18(20-14(3)28-33-24(20)26-19)23(30)27-21(22-25-7-8-29(22)4)15-9-16(31-5)11-17(10-15)32-6/h7-13,21H,1-6H3,(H,27,30). The van der Waals surface area contributed by atoms with E-state index in [9.17, 15) is 4.79 Å². The zero-order chi connectivity index (χ0) is 23.7. The average molecular weight is 450 g/mol. The minimum atomic E-state index is -0.563. The molecule has 0 spiro atoms. The molecule has 3 heterocycles. The molecular weight excluding hydrogens is 422 g/mol. The fraction of sp³-hybridized carbons (Fsp3) is 0.333. The van der Waals surface area contributed by atoms with Gasteiger partial charge in [-0.15, -0.1) is 0 Å². The van der Waals surface area contributed by atoms with Crippen LogP contribution in [-0.4, -0.2) is 39.8 Å². The maximum Gasteiger partial charge on any atom is 0.259 e. The molecule has 0 saturated heterocycles. The molecule has 0 aliphatic heterocycles. The number of rotatable bonds is 7. The first kappa shape index (κ1) is 22.3. The lowest BCUT2D eigenvalue weighted by atomic mass is 10.0. The molecular formula is C24H27N5O4. The molecule has 1 unspecified atom stereocenters. The third kappa shape index (κ3) is 4.26. The summed E-state index contributed by atoms with van der Waals surface area (Å²) in [5, 5.41) is 7.76. The first-order valence-corrected chi connectivity index (χ1v) is 10.6. The molecule has 0 aliphatic carbocycles. The smallest absolute Gasteiger partial charge is 0.259 e. The van der Waals surface area contributed by atoms with Crippen molar-refractivity contribution in [2.45, 2.75) is 32.7 Å². The van der Waals surface area contributed by atoms with Crippen molar-refractivity contribution in [1.82, 2.24) is 25.0 Å². The molecule has 172 valence electrons. The van der Waals surface area contributed by atoms with E-state index in [-0.39, 0.29) is 11.8 Å². The van der Waals surface area contributed by atoms with E-state index in [0.29, 0.717) is 39.7 Å². The van der Waals surface area contributed by atoms with Gasteiger partial charge >= 0.3 is 0 Å². The number of amides is 1. The lowest BCUT2D eigenvalue weighted by molar-refractivity contribution is 0.0942. The van der Waals surface area contributed by atoms with E-state index in [1.165, 1.54) is 0 Å². The number of carbonyl (C=O) groups excluding carboxylic acids is 1. The molecule has 0 fully saturated rings. The minimum absolute atomic E-state index is 0.110. The zero-order valence-corrected chi connectivity index (χ0v) is 19.5. The summed E-state index contributed by atoms with van der Waals surface area (Å²) in [5.74, 6) is 1.71. The molecule has 1 aromatic carbocycles. The second kappa shape index (κ2) is 8.93. The van der Waals surface area contributed by atoms with Gasteiger partial charge < -0.3 is 23.9 Å². The lowest BCUT2D eigenvalue weighted by Gasteiger charge is -2.21. The van der Waals surface area contributed by atoms with Gasteiger partial charge in [-0.05, 0) is 36.6 Å². The molecule has 0 aliphatic rings. The Morgan fingerprint density at radius 2 is 1.82 bits per heavy atom. The van der Waals surface area contributed by atoms with Crippen LogP contribution in [0.5, 0.6) is 11.5 Å². The van der Waals surface area contributed by atoms with Crippen molar-refractivity contribution in [1.29, 1.82) is 0 Å². The molecule has 1 amide bonds. The number of carbonyl (C=O) groups is 1. The summed E-state index contributed by atoms with van der Waals surface area (Å²) in [7, 11) is 5.05. The molecule has 1 atom stereocenters. The summed E-state index contributed by atoms with van der Waals surface area (Å²) in [4.78, 5) is 22.7. The van der Waals surface area contributed by atoms with E-state index in [1.807, 2.05) is 43.8 Å². The van der Waals surface area contributed by atoms with Crippen LogP contribution in [0.2, 0.25) is 0 Å². The summed E-state index contributed by atoms with van der Waals surface area (Å²) in [6, 6.07) is 6.73. The van der Waals surface area contributed by atoms with E-state index in [0.717, 1.165) is 11.3 Å². The van der Waals surface area contributed by atoms with E-state index >= 15 is 0 Å². The number of pyridine rings is 1. The largest absolute Gasteiger partial charge is 0.497 e. The highest BCUT2D eigenvalue weighted by molar-refractivity contribution is 6.06. The monoisotopic (exact) mass is 449 g/mol. The maximum absolute atomic E-state index is 13.7. The van der Waals surface area contributed by atoms with Gasteiger partial charge in [0.25, 0.3) is 11.6 Å². The number of nitrogens with zero attached hydrogens (tertiary/aromatic N) is 4. The Balaban J connectivity index is 1.83. The number of nitrogens with one attached hydrogen (secondary N) is 1. The van der Waals surface area contributed by atoms with E-state index in [4.69, 9.17) is 14.0 Å². The van der Waals surface area contributed by atoms with Crippen LogP contribution in [0.15, 0.2) is 41.2 Å². The van der Waals surface area contributed by atoms with E-state index < -0.39 is 6.04 Å². The normalized spacial score (nSPS) is 12.2. The van der Waals surface area contributed by atoms with E-state index in [1.54, 1.807) is 39.5 Å². The SMILES string of the molecule is COc1cc(OC)cc(C(NC(=O)c2cc(C(C)C)nc3onc(C)c23)c2nccn2C)c1.